The quantitative estimate of drug-likeness (QED) is 0.610. The van der Waals surface area contributed by atoms with Crippen LogP contribution in [0.3, 0.4) is 0 Å². The molecule has 0 saturated heterocycles. The van der Waals surface area contributed by atoms with E-state index in [1.54, 1.807) is 0 Å². The first-order valence-corrected chi connectivity index (χ1v) is 4.62. The number of rotatable bonds is 6. The van der Waals surface area contributed by atoms with Gasteiger partial charge in [0.25, 0.3) is 0 Å². The molecule has 0 fully saturated rings. The van der Waals surface area contributed by atoms with Crippen molar-refractivity contribution in [3.05, 3.63) is 23.0 Å². The van der Waals surface area contributed by atoms with Crippen molar-refractivity contribution in [2.24, 2.45) is 0 Å². The molecule has 1 rings (SSSR count). The average molecular weight is 225 g/mol. The van der Waals surface area contributed by atoms with Crippen molar-refractivity contribution < 1.29 is 24.6 Å². The number of H-pyrrole nitrogens is 1. The van der Waals surface area contributed by atoms with Crippen LogP contribution in [0.4, 0.5) is 0 Å². The summed E-state index contributed by atoms with van der Waals surface area (Å²) in [6.07, 6.45) is 1.78. The molecule has 0 spiro atoms. The van der Waals surface area contributed by atoms with Crippen LogP contribution in [-0.4, -0.2) is 33.4 Å². The zero-order valence-corrected chi connectivity index (χ0v) is 8.40. The summed E-state index contributed by atoms with van der Waals surface area (Å²) in [6, 6.07) is 0. The Kier molecular flexibility index (Phi) is 3.82. The van der Waals surface area contributed by atoms with Crippen molar-refractivity contribution >= 4 is 18.2 Å². The number of hydrogen-bond donors (Lipinski definition) is 3. The Hall–Kier alpha value is -2.11. The minimum absolute atomic E-state index is 0.134. The van der Waals surface area contributed by atoms with Gasteiger partial charge in [0, 0.05) is 12.6 Å². The van der Waals surface area contributed by atoms with E-state index in [0.717, 1.165) is 0 Å². The predicted octanol–water partition coefficient (Wildman–Crippen LogP) is 0.471. The third-order valence-corrected chi connectivity index (χ3v) is 2.16. The van der Waals surface area contributed by atoms with Gasteiger partial charge in [-0.3, -0.25) is 14.4 Å². The van der Waals surface area contributed by atoms with Crippen LogP contribution in [0.15, 0.2) is 6.20 Å². The van der Waals surface area contributed by atoms with E-state index >= 15 is 0 Å². The van der Waals surface area contributed by atoms with Gasteiger partial charge >= 0.3 is 11.9 Å². The maximum atomic E-state index is 10.6. The Labute approximate surface area is 90.9 Å². The van der Waals surface area contributed by atoms with Crippen molar-refractivity contribution in [1.29, 1.82) is 0 Å². The Bertz CT molecular complexity index is 421. The van der Waals surface area contributed by atoms with Crippen LogP contribution in [0.1, 0.15) is 28.0 Å². The largest absolute Gasteiger partial charge is 0.481 e. The molecule has 0 aliphatic rings. The molecule has 0 radical (unpaired) electrons. The first-order valence-electron chi connectivity index (χ1n) is 4.62. The maximum Gasteiger partial charge on any atom is 0.307 e. The van der Waals surface area contributed by atoms with Gasteiger partial charge in [0.15, 0.2) is 6.29 Å². The monoisotopic (exact) mass is 225 g/mol. The summed E-state index contributed by atoms with van der Waals surface area (Å²) in [7, 11) is 0. The number of carbonyl (C=O) groups excluding carboxylic acids is 1. The highest BCUT2D eigenvalue weighted by Crippen LogP contribution is 2.15. The Morgan fingerprint density at radius 1 is 1.31 bits per heavy atom. The molecule has 0 aliphatic heterocycles. The summed E-state index contributed by atoms with van der Waals surface area (Å²) in [6.45, 7) is 0. The van der Waals surface area contributed by atoms with Crippen molar-refractivity contribution in [2.75, 3.05) is 0 Å². The van der Waals surface area contributed by atoms with Crippen LogP contribution in [0.25, 0.3) is 0 Å². The first-order chi connectivity index (χ1) is 7.54. The van der Waals surface area contributed by atoms with E-state index in [2.05, 4.69) is 4.98 Å². The zero-order chi connectivity index (χ0) is 12.1. The molecule has 0 saturated carbocycles. The Balaban J connectivity index is 2.91. The van der Waals surface area contributed by atoms with Gasteiger partial charge in [0.05, 0.1) is 12.1 Å². The predicted molar refractivity (Wildman–Crippen MR) is 53.5 cm³/mol. The lowest BCUT2D eigenvalue weighted by molar-refractivity contribution is -0.137. The molecule has 1 aromatic rings. The molecule has 0 aliphatic carbocycles. The highest BCUT2D eigenvalue weighted by Gasteiger charge is 2.14. The minimum Gasteiger partial charge on any atom is -0.481 e. The second-order valence-electron chi connectivity index (χ2n) is 3.29. The number of carboxylic acid groups (broad SMARTS) is 2. The van der Waals surface area contributed by atoms with Gasteiger partial charge in [0.1, 0.15) is 0 Å². The van der Waals surface area contributed by atoms with E-state index in [1.165, 1.54) is 6.20 Å². The summed E-state index contributed by atoms with van der Waals surface area (Å²) in [5.74, 6) is -2.01. The summed E-state index contributed by atoms with van der Waals surface area (Å²) in [4.78, 5) is 34.2. The SMILES string of the molecule is O=Cc1[nH]cc(CC(=O)O)c1CCC(=O)O. The molecule has 86 valence electrons. The number of aromatic nitrogens is 1. The lowest BCUT2D eigenvalue weighted by atomic mass is 10.0. The number of carboxylic acids is 2. The van der Waals surface area contributed by atoms with E-state index in [0.29, 0.717) is 17.4 Å². The molecule has 1 heterocycles. The maximum absolute atomic E-state index is 10.6. The normalized spacial score (nSPS) is 10.0. The molecule has 3 N–H and O–H groups in total. The molecule has 0 aromatic carbocycles. The van der Waals surface area contributed by atoms with Crippen molar-refractivity contribution in [3.8, 4) is 0 Å². The molecular weight excluding hydrogens is 214 g/mol. The lowest BCUT2D eigenvalue weighted by Crippen LogP contribution is -2.05. The fourth-order valence-electron chi connectivity index (χ4n) is 1.47. The van der Waals surface area contributed by atoms with Crippen molar-refractivity contribution in [2.45, 2.75) is 19.3 Å². The lowest BCUT2D eigenvalue weighted by Gasteiger charge is -2.00. The molecule has 0 amide bonds. The zero-order valence-electron chi connectivity index (χ0n) is 8.40. The van der Waals surface area contributed by atoms with Gasteiger partial charge in [-0.05, 0) is 17.5 Å². The molecule has 0 unspecified atom stereocenters. The van der Waals surface area contributed by atoms with Crippen LogP contribution in [0.2, 0.25) is 0 Å². The fraction of sp³-hybridized carbons (Fsp3) is 0.300. The van der Waals surface area contributed by atoms with Gasteiger partial charge < -0.3 is 15.2 Å². The van der Waals surface area contributed by atoms with Gasteiger partial charge in [-0.15, -0.1) is 0 Å². The van der Waals surface area contributed by atoms with Gasteiger partial charge in [-0.25, -0.2) is 0 Å². The highest BCUT2D eigenvalue weighted by molar-refractivity contribution is 5.78. The van der Waals surface area contributed by atoms with Crippen molar-refractivity contribution in [1.82, 2.24) is 4.98 Å². The Morgan fingerprint density at radius 2 is 2.00 bits per heavy atom. The molecule has 16 heavy (non-hydrogen) atoms. The summed E-state index contributed by atoms with van der Waals surface area (Å²) < 4.78 is 0. The summed E-state index contributed by atoms with van der Waals surface area (Å²) >= 11 is 0. The molecule has 6 heteroatoms. The number of hydrogen-bond acceptors (Lipinski definition) is 3. The van der Waals surface area contributed by atoms with E-state index in [1.807, 2.05) is 0 Å². The smallest absolute Gasteiger partial charge is 0.307 e. The number of aldehydes is 1. The van der Waals surface area contributed by atoms with Crippen LogP contribution in [0.5, 0.6) is 0 Å². The molecule has 1 aromatic heterocycles. The highest BCUT2D eigenvalue weighted by atomic mass is 16.4. The topological polar surface area (TPSA) is 107 Å². The molecular formula is C10H11NO5. The van der Waals surface area contributed by atoms with Gasteiger partial charge in [0.2, 0.25) is 0 Å². The number of aromatic amines is 1. The van der Waals surface area contributed by atoms with E-state index in [4.69, 9.17) is 10.2 Å². The van der Waals surface area contributed by atoms with E-state index in [9.17, 15) is 14.4 Å². The van der Waals surface area contributed by atoms with E-state index < -0.39 is 11.9 Å². The molecule has 6 nitrogen and oxygen atoms in total. The van der Waals surface area contributed by atoms with Gasteiger partial charge in [-0.2, -0.15) is 0 Å². The third-order valence-electron chi connectivity index (χ3n) is 2.16. The van der Waals surface area contributed by atoms with Crippen LogP contribution in [-0.2, 0) is 22.4 Å². The Morgan fingerprint density at radius 3 is 2.50 bits per heavy atom. The number of aliphatic carboxylic acids is 2. The summed E-state index contributed by atoms with van der Waals surface area (Å²) in [5, 5.41) is 17.2. The van der Waals surface area contributed by atoms with Gasteiger partial charge in [-0.1, -0.05) is 0 Å². The van der Waals surface area contributed by atoms with E-state index in [-0.39, 0.29) is 25.0 Å². The fourth-order valence-corrected chi connectivity index (χ4v) is 1.47. The number of nitrogens with one attached hydrogen (secondary N) is 1. The minimum atomic E-state index is -1.02. The standard InChI is InChI=1S/C10H11NO5/c12-5-8-7(1-2-9(13)14)6(4-11-8)3-10(15)16/h4-5,11H,1-3H2,(H,13,14)(H,15,16). The first kappa shape index (κ1) is 12.0. The molecule has 0 atom stereocenters. The third kappa shape index (κ3) is 2.94. The summed E-state index contributed by atoms with van der Waals surface area (Å²) in [5.41, 5.74) is 1.17. The number of carbonyl (C=O) groups is 3. The van der Waals surface area contributed by atoms with Crippen LogP contribution < -0.4 is 0 Å². The molecule has 0 bridgehead atoms. The second-order valence-corrected chi connectivity index (χ2v) is 3.29. The average Bonchev–Trinajstić information content (AvgIpc) is 2.56. The second kappa shape index (κ2) is 5.11. The van der Waals surface area contributed by atoms with Crippen LogP contribution >= 0.6 is 0 Å². The van der Waals surface area contributed by atoms with Crippen LogP contribution in [0, 0.1) is 0 Å². The van der Waals surface area contributed by atoms with Crippen molar-refractivity contribution in [3.63, 3.8) is 0 Å².